The summed E-state index contributed by atoms with van der Waals surface area (Å²) in [6.45, 7) is 4.66. The Balaban J connectivity index is 2.59. The fourth-order valence-electron chi connectivity index (χ4n) is 1.72. The van der Waals surface area contributed by atoms with Crippen LogP contribution in [0.2, 0.25) is 0 Å². The fraction of sp³-hybridized carbons (Fsp3) is 0.538. The van der Waals surface area contributed by atoms with E-state index in [0.717, 1.165) is 8.66 Å². The van der Waals surface area contributed by atoms with Crippen LogP contribution in [0.15, 0.2) is 15.9 Å². The van der Waals surface area contributed by atoms with Crippen molar-refractivity contribution in [2.24, 2.45) is 5.92 Å². The molecule has 0 N–H and O–H groups in total. The average molecular weight is 348 g/mol. The normalized spacial score (nSPS) is 12.0. The van der Waals surface area contributed by atoms with Crippen molar-refractivity contribution in [3.63, 3.8) is 0 Å². The number of hydrogen-bond donors (Lipinski definition) is 0. The molecular formula is C13H18BrNO3S. The number of carbonyl (C=O) groups is 2. The van der Waals surface area contributed by atoms with Gasteiger partial charge in [-0.05, 0) is 35.0 Å². The van der Waals surface area contributed by atoms with Gasteiger partial charge in [0.1, 0.15) is 0 Å². The summed E-state index contributed by atoms with van der Waals surface area (Å²) in [7, 11) is 1.36. The first-order chi connectivity index (χ1) is 8.97. The Morgan fingerprint density at radius 1 is 1.47 bits per heavy atom. The summed E-state index contributed by atoms with van der Waals surface area (Å²) in [4.78, 5) is 26.3. The van der Waals surface area contributed by atoms with E-state index in [1.807, 2.05) is 19.1 Å². The van der Waals surface area contributed by atoms with Crippen LogP contribution < -0.4 is 0 Å². The van der Waals surface area contributed by atoms with Crippen molar-refractivity contribution in [1.29, 1.82) is 0 Å². The maximum absolute atomic E-state index is 12.2. The summed E-state index contributed by atoms with van der Waals surface area (Å²) in [5.41, 5.74) is 0. The van der Waals surface area contributed by atoms with Crippen molar-refractivity contribution in [1.82, 2.24) is 4.90 Å². The predicted octanol–water partition coefficient (Wildman–Crippen LogP) is 2.71. The molecule has 1 aromatic heterocycles. The molecule has 1 amide bonds. The van der Waals surface area contributed by atoms with E-state index < -0.39 is 0 Å². The van der Waals surface area contributed by atoms with E-state index in [1.165, 1.54) is 7.11 Å². The van der Waals surface area contributed by atoms with Gasteiger partial charge in [0.15, 0.2) is 0 Å². The highest BCUT2D eigenvalue weighted by Crippen LogP contribution is 2.22. The van der Waals surface area contributed by atoms with Crippen molar-refractivity contribution in [2.45, 2.75) is 20.3 Å². The van der Waals surface area contributed by atoms with Crippen LogP contribution in [0.3, 0.4) is 0 Å². The highest BCUT2D eigenvalue weighted by Gasteiger charge is 2.20. The zero-order chi connectivity index (χ0) is 14.4. The smallest absolute Gasteiger partial charge is 0.310 e. The third-order valence-corrected chi connectivity index (χ3v) is 4.41. The van der Waals surface area contributed by atoms with Crippen molar-refractivity contribution >= 4 is 39.1 Å². The van der Waals surface area contributed by atoms with E-state index in [2.05, 4.69) is 20.7 Å². The topological polar surface area (TPSA) is 46.6 Å². The summed E-state index contributed by atoms with van der Waals surface area (Å²) >= 11 is 4.93. The molecule has 0 fully saturated rings. The van der Waals surface area contributed by atoms with Crippen molar-refractivity contribution in [3.05, 3.63) is 20.8 Å². The minimum absolute atomic E-state index is 0.0348. The highest BCUT2D eigenvalue weighted by atomic mass is 79.9. The van der Waals surface area contributed by atoms with E-state index in [1.54, 1.807) is 23.2 Å². The Bertz CT molecular complexity index is 447. The van der Waals surface area contributed by atoms with Gasteiger partial charge in [-0.3, -0.25) is 9.59 Å². The van der Waals surface area contributed by atoms with Crippen LogP contribution in [0, 0.1) is 5.92 Å². The molecule has 0 radical (unpaired) electrons. The van der Waals surface area contributed by atoms with Gasteiger partial charge in [0.05, 0.1) is 23.2 Å². The second-order valence-corrected chi connectivity index (χ2v) is 6.79. The summed E-state index contributed by atoms with van der Waals surface area (Å²) in [6.07, 6.45) is 0.373. The van der Waals surface area contributed by atoms with Gasteiger partial charge >= 0.3 is 5.97 Å². The molecule has 0 aliphatic carbocycles. The van der Waals surface area contributed by atoms with Gasteiger partial charge in [0, 0.05) is 18.0 Å². The molecule has 0 unspecified atom stereocenters. The van der Waals surface area contributed by atoms with E-state index in [0.29, 0.717) is 19.5 Å². The largest absolute Gasteiger partial charge is 0.469 e. The van der Waals surface area contributed by atoms with Crippen LogP contribution in [0.4, 0.5) is 0 Å². The lowest BCUT2D eigenvalue weighted by atomic mass is 10.1. The molecule has 0 saturated heterocycles. The molecule has 0 bridgehead atoms. The van der Waals surface area contributed by atoms with Crippen LogP contribution in [0.5, 0.6) is 0 Å². The molecule has 0 aromatic carbocycles. The zero-order valence-corrected chi connectivity index (χ0v) is 13.7. The van der Waals surface area contributed by atoms with E-state index in [-0.39, 0.29) is 17.8 Å². The molecule has 1 rings (SSSR count). The van der Waals surface area contributed by atoms with Crippen LogP contribution in [0.1, 0.15) is 18.7 Å². The summed E-state index contributed by atoms with van der Waals surface area (Å²) in [5, 5.41) is 0. The predicted molar refractivity (Wildman–Crippen MR) is 79.2 cm³/mol. The highest BCUT2D eigenvalue weighted by molar-refractivity contribution is 9.11. The Labute approximate surface area is 125 Å². The fourth-order valence-corrected chi connectivity index (χ4v) is 3.20. The van der Waals surface area contributed by atoms with E-state index >= 15 is 0 Å². The molecule has 1 atom stereocenters. The minimum Gasteiger partial charge on any atom is -0.469 e. The van der Waals surface area contributed by atoms with Crippen molar-refractivity contribution < 1.29 is 14.3 Å². The van der Waals surface area contributed by atoms with Crippen molar-refractivity contribution in [3.8, 4) is 0 Å². The number of amides is 1. The van der Waals surface area contributed by atoms with Gasteiger partial charge < -0.3 is 9.64 Å². The molecule has 4 nitrogen and oxygen atoms in total. The first kappa shape index (κ1) is 16.2. The number of methoxy groups -OCH3 is 1. The van der Waals surface area contributed by atoms with Gasteiger partial charge in [-0.1, -0.05) is 6.92 Å². The molecule has 0 spiro atoms. The van der Waals surface area contributed by atoms with Crippen molar-refractivity contribution in [2.75, 3.05) is 20.2 Å². The maximum atomic E-state index is 12.2. The zero-order valence-electron chi connectivity index (χ0n) is 11.3. The summed E-state index contributed by atoms with van der Waals surface area (Å²) in [5.74, 6) is -0.554. The molecule has 19 heavy (non-hydrogen) atoms. The molecular weight excluding hydrogens is 330 g/mol. The number of thiophene rings is 1. The standard InChI is InChI=1S/C13H18BrNO3S/c1-4-15(8-9(2)13(17)18-3)12(16)7-10-5-6-11(14)19-10/h5-6,9H,4,7-8H2,1-3H3/t9-/m1/s1. The second-order valence-electron chi connectivity index (χ2n) is 4.24. The quantitative estimate of drug-likeness (QED) is 0.743. The monoisotopic (exact) mass is 347 g/mol. The van der Waals surface area contributed by atoms with E-state index in [9.17, 15) is 9.59 Å². The summed E-state index contributed by atoms with van der Waals surface area (Å²) in [6, 6.07) is 3.87. The molecule has 0 saturated carbocycles. The van der Waals surface area contributed by atoms with E-state index in [4.69, 9.17) is 0 Å². The lowest BCUT2D eigenvalue weighted by molar-refractivity contribution is -0.146. The number of rotatable bonds is 6. The lowest BCUT2D eigenvalue weighted by Crippen LogP contribution is -2.37. The van der Waals surface area contributed by atoms with Gasteiger partial charge in [0.25, 0.3) is 0 Å². The van der Waals surface area contributed by atoms with Gasteiger partial charge in [-0.2, -0.15) is 0 Å². The Kier molecular flexibility index (Phi) is 6.51. The van der Waals surface area contributed by atoms with Gasteiger partial charge in [-0.25, -0.2) is 0 Å². The second kappa shape index (κ2) is 7.65. The molecule has 1 heterocycles. The third-order valence-electron chi connectivity index (χ3n) is 2.79. The number of hydrogen-bond acceptors (Lipinski definition) is 4. The first-order valence-electron chi connectivity index (χ1n) is 6.07. The Hall–Kier alpha value is -0.880. The molecule has 0 aliphatic heterocycles. The maximum Gasteiger partial charge on any atom is 0.310 e. The van der Waals surface area contributed by atoms with Crippen LogP contribution in [-0.4, -0.2) is 37.0 Å². The number of ether oxygens (including phenoxy) is 1. The minimum atomic E-state index is -0.302. The number of esters is 1. The number of nitrogens with zero attached hydrogens (tertiary/aromatic N) is 1. The van der Waals surface area contributed by atoms with Gasteiger partial charge in [0.2, 0.25) is 5.91 Å². The molecule has 1 aromatic rings. The molecule has 106 valence electrons. The number of likely N-dealkylation sites (N-methyl/N-ethyl adjacent to an activating group) is 1. The van der Waals surface area contributed by atoms with Gasteiger partial charge in [-0.15, -0.1) is 11.3 Å². The lowest BCUT2D eigenvalue weighted by Gasteiger charge is -2.23. The Morgan fingerprint density at radius 2 is 2.16 bits per heavy atom. The van der Waals surface area contributed by atoms with Crippen LogP contribution >= 0.6 is 27.3 Å². The Morgan fingerprint density at radius 3 is 2.63 bits per heavy atom. The third kappa shape index (κ3) is 4.95. The average Bonchev–Trinajstić information content (AvgIpc) is 2.79. The SMILES string of the molecule is CCN(C[C@@H](C)C(=O)OC)C(=O)Cc1ccc(Br)s1. The molecule has 6 heteroatoms. The molecule has 0 aliphatic rings. The first-order valence-corrected chi connectivity index (χ1v) is 7.68. The number of carbonyl (C=O) groups excluding carboxylic acids is 2. The summed E-state index contributed by atoms with van der Waals surface area (Å²) < 4.78 is 5.69. The number of halogens is 1. The van der Waals surface area contributed by atoms with Crippen LogP contribution in [0.25, 0.3) is 0 Å². The van der Waals surface area contributed by atoms with Crippen LogP contribution in [-0.2, 0) is 20.7 Å².